The molecule has 2 aromatic rings. The van der Waals surface area contributed by atoms with Crippen LogP contribution >= 0.6 is 0 Å². The first-order valence-electron chi connectivity index (χ1n) is 6.24. The van der Waals surface area contributed by atoms with Crippen molar-refractivity contribution in [1.29, 1.82) is 0 Å². The van der Waals surface area contributed by atoms with Crippen LogP contribution in [0.4, 0.5) is 0 Å². The summed E-state index contributed by atoms with van der Waals surface area (Å²) in [4.78, 5) is 0. The highest BCUT2D eigenvalue weighted by atomic mass is 14.5. The molecule has 18 heavy (non-hydrogen) atoms. The van der Waals surface area contributed by atoms with Gasteiger partial charge in [-0.25, -0.2) is 0 Å². The predicted molar refractivity (Wildman–Crippen MR) is 78.4 cm³/mol. The molecule has 0 aromatic heterocycles. The summed E-state index contributed by atoms with van der Waals surface area (Å²) in [5.41, 5.74) is 11.9. The van der Waals surface area contributed by atoms with Gasteiger partial charge in [0.1, 0.15) is 0 Å². The number of allylic oxidation sites excluding steroid dienone is 1. The molecule has 0 bridgehead atoms. The van der Waals surface area contributed by atoms with E-state index in [9.17, 15) is 0 Å². The second-order valence-corrected chi connectivity index (χ2v) is 4.60. The van der Waals surface area contributed by atoms with Crippen molar-refractivity contribution >= 4 is 0 Å². The van der Waals surface area contributed by atoms with Crippen LogP contribution in [0, 0.1) is 6.92 Å². The molecule has 0 atom stereocenters. The molecule has 0 spiro atoms. The Morgan fingerprint density at radius 1 is 1.06 bits per heavy atom. The fourth-order valence-corrected chi connectivity index (χ4v) is 2.19. The molecule has 0 unspecified atom stereocenters. The number of hydrogen-bond acceptors (Lipinski definition) is 1. The molecule has 0 aliphatic carbocycles. The second-order valence-electron chi connectivity index (χ2n) is 4.60. The van der Waals surface area contributed by atoms with Gasteiger partial charge in [-0.2, -0.15) is 0 Å². The summed E-state index contributed by atoms with van der Waals surface area (Å²) in [6, 6.07) is 15.1. The van der Waals surface area contributed by atoms with Crippen molar-refractivity contribution in [2.45, 2.75) is 19.9 Å². The maximum atomic E-state index is 5.73. The number of nitrogens with two attached hydrogens (primary N) is 1. The molecule has 0 aliphatic rings. The Morgan fingerprint density at radius 3 is 2.56 bits per heavy atom. The van der Waals surface area contributed by atoms with Crippen molar-refractivity contribution in [3.05, 3.63) is 71.8 Å². The van der Waals surface area contributed by atoms with Crippen LogP contribution < -0.4 is 5.73 Å². The summed E-state index contributed by atoms with van der Waals surface area (Å²) in [5.74, 6) is 0. The Kier molecular flexibility index (Phi) is 3.96. The van der Waals surface area contributed by atoms with Crippen LogP contribution in [0.1, 0.15) is 16.7 Å². The van der Waals surface area contributed by atoms with Crippen molar-refractivity contribution in [3.63, 3.8) is 0 Å². The molecule has 1 nitrogen and oxygen atoms in total. The normalized spacial score (nSPS) is 10.3. The number of benzene rings is 2. The first-order chi connectivity index (χ1) is 8.72. The third-order valence-electron chi connectivity index (χ3n) is 3.01. The summed E-state index contributed by atoms with van der Waals surface area (Å²) in [5, 5.41) is 0. The van der Waals surface area contributed by atoms with Crippen LogP contribution in [0.15, 0.2) is 55.1 Å². The van der Waals surface area contributed by atoms with E-state index in [-0.39, 0.29) is 0 Å². The highest BCUT2D eigenvalue weighted by Crippen LogP contribution is 2.23. The van der Waals surface area contributed by atoms with Gasteiger partial charge >= 0.3 is 0 Å². The van der Waals surface area contributed by atoms with Gasteiger partial charge in [0.05, 0.1) is 0 Å². The molecule has 2 N–H and O–H groups in total. The van der Waals surface area contributed by atoms with Crippen LogP contribution in [-0.2, 0) is 13.0 Å². The molecule has 1 heteroatoms. The Morgan fingerprint density at radius 2 is 1.83 bits per heavy atom. The first kappa shape index (κ1) is 12.6. The maximum absolute atomic E-state index is 5.73. The minimum absolute atomic E-state index is 0.584. The summed E-state index contributed by atoms with van der Waals surface area (Å²) < 4.78 is 0. The molecule has 0 saturated heterocycles. The highest BCUT2D eigenvalue weighted by Gasteiger charge is 2.01. The van der Waals surface area contributed by atoms with Crippen molar-refractivity contribution in [2.24, 2.45) is 5.73 Å². The Balaban J connectivity index is 2.44. The smallest absolute Gasteiger partial charge is 0.0178 e. The highest BCUT2D eigenvalue weighted by molar-refractivity contribution is 5.66. The molecular formula is C17H19N. The maximum Gasteiger partial charge on any atom is 0.0178 e. The largest absolute Gasteiger partial charge is 0.326 e. The molecule has 0 saturated carbocycles. The first-order valence-corrected chi connectivity index (χ1v) is 6.24. The van der Waals surface area contributed by atoms with Gasteiger partial charge in [-0.3, -0.25) is 0 Å². The van der Waals surface area contributed by atoms with Gasteiger partial charge in [0.2, 0.25) is 0 Å². The van der Waals surface area contributed by atoms with Gasteiger partial charge in [-0.05, 0) is 41.7 Å². The fraction of sp³-hybridized carbons (Fsp3) is 0.176. The van der Waals surface area contributed by atoms with Crippen molar-refractivity contribution in [3.8, 4) is 11.1 Å². The van der Waals surface area contributed by atoms with E-state index in [2.05, 4.69) is 56.0 Å². The van der Waals surface area contributed by atoms with Crippen LogP contribution in [0.5, 0.6) is 0 Å². The zero-order valence-corrected chi connectivity index (χ0v) is 10.8. The number of hydrogen-bond donors (Lipinski definition) is 1. The van der Waals surface area contributed by atoms with E-state index in [1.165, 1.54) is 27.8 Å². The monoisotopic (exact) mass is 237 g/mol. The lowest BCUT2D eigenvalue weighted by Crippen LogP contribution is -1.97. The van der Waals surface area contributed by atoms with E-state index in [1.807, 2.05) is 6.08 Å². The topological polar surface area (TPSA) is 26.0 Å². The Bertz CT molecular complexity index is 555. The predicted octanol–water partition coefficient (Wildman–Crippen LogP) is 3.85. The number of aryl methyl sites for hydroxylation is 1. The van der Waals surface area contributed by atoms with Gasteiger partial charge < -0.3 is 5.73 Å². The van der Waals surface area contributed by atoms with E-state index in [4.69, 9.17) is 5.73 Å². The average Bonchev–Trinajstić information content (AvgIpc) is 2.39. The minimum atomic E-state index is 0.584. The summed E-state index contributed by atoms with van der Waals surface area (Å²) in [6.07, 6.45) is 2.84. The van der Waals surface area contributed by atoms with E-state index in [0.29, 0.717) is 6.54 Å². The molecule has 0 fully saturated rings. The Labute approximate surface area is 109 Å². The van der Waals surface area contributed by atoms with E-state index >= 15 is 0 Å². The van der Waals surface area contributed by atoms with Gasteiger partial charge in [0.15, 0.2) is 0 Å². The van der Waals surface area contributed by atoms with Gasteiger partial charge in [-0.15, -0.1) is 6.58 Å². The zero-order valence-electron chi connectivity index (χ0n) is 10.8. The molecular weight excluding hydrogens is 218 g/mol. The van der Waals surface area contributed by atoms with E-state index in [0.717, 1.165) is 6.42 Å². The minimum Gasteiger partial charge on any atom is -0.326 e. The molecule has 0 heterocycles. The van der Waals surface area contributed by atoms with Gasteiger partial charge in [0, 0.05) is 6.54 Å². The van der Waals surface area contributed by atoms with Gasteiger partial charge in [0.25, 0.3) is 0 Å². The van der Waals surface area contributed by atoms with Crippen LogP contribution in [0.2, 0.25) is 0 Å². The van der Waals surface area contributed by atoms with E-state index < -0.39 is 0 Å². The van der Waals surface area contributed by atoms with Crippen LogP contribution in [0.25, 0.3) is 11.1 Å². The third-order valence-corrected chi connectivity index (χ3v) is 3.01. The molecule has 2 rings (SSSR count). The van der Waals surface area contributed by atoms with Crippen molar-refractivity contribution in [1.82, 2.24) is 0 Å². The quantitative estimate of drug-likeness (QED) is 0.803. The lowest BCUT2D eigenvalue weighted by molar-refractivity contribution is 1.07. The van der Waals surface area contributed by atoms with Crippen LogP contribution in [0.3, 0.4) is 0 Å². The zero-order chi connectivity index (χ0) is 13.0. The molecule has 0 amide bonds. The van der Waals surface area contributed by atoms with Crippen molar-refractivity contribution < 1.29 is 0 Å². The fourth-order valence-electron chi connectivity index (χ4n) is 2.19. The lowest BCUT2D eigenvalue weighted by atomic mass is 9.98. The molecule has 92 valence electrons. The van der Waals surface area contributed by atoms with Gasteiger partial charge in [-0.1, -0.05) is 48.0 Å². The van der Waals surface area contributed by atoms with Crippen LogP contribution in [-0.4, -0.2) is 0 Å². The standard InChI is InChI=1S/C17H19N/c1-3-5-14-6-4-7-16(10-14)17-9-13(2)8-15(11-17)12-18/h3-4,6-11H,1,5,12,18H2,2H3. The Hall–Kier alpha value is -1.86. The second kappa shape index (κ2) is 5.65. The summed E-state index contributed by atoms with van der Waals surface area (Å²) in [7, 11) is 0. The summed E-state index contributed by atoms with van der Waals surface area (Å²) in [6.45, 7) is 6.48. The molecule has 0 aliphatic heterocycles. The third kappa shape index (κ3) is 2.88. The average molecular weight is 237 g/mol. The molecule has 0 radical (unpaired) electrons. The SMILES string of the molecule is C=CCc1cccc(-c2cc(C)cc(CN)c2)c1. The molecule has 2 aromatic carbocycles. The van der Waals surface area contributed by atoms with Crippen molar-refractivity contribution in [2.75, 3.05) is 0 Å². The number of rotatable bonds is 4. The summed E-state index contributed by atoms with van der Waals surface area (Å²) >= 11 is 0. The lowest BCUT2D eigenvalue weighted by Gasteiger charge is -2.08. The van der Waals surface area contributed by atoms with E-state index in [1.54, 1.807) is 0 Å².